The lowest BCUT2D eigenvalue weighted by molar-refractivity contribution is 0.0697. The minimum absolute atomic E-state index is 0.312. The van der Waals surface area contributed by atoms with E-state index in [4.69, 9.17) is 5.11 Å². The van der Waals surface area contributed by atoms with Crippen LogP contribution in [0.5, 0.6) is 0 Å². The fourth-order valence-corrected chi connectivity index (χ4v) is 0.830. The average Bonchev–Trinajstić information content (AvgIpc) is 2.37. The zero-order valence-electron chi connectivity index (χ0n) is 6.03. The van der Waals surface area contributed by atoms with Gasteiger partial charge in [0.2, 0.25) is 0 Å². The maximum Gasteiger partial charge on any atom is 0.337 e. The monoisotopic (exact) mass is 151 g/mol. The highest BCUT2D eigenvalue weighted by Crippen LogP contribution is 2.00. The molecule has 1 N–H and O–H groups in total. The second kappa shape index (κ2) is 3.05. The normalized spacial score (nSPS) is 9.45. The number of hydrogen-bond acceptors (Lipinski definition) is 1. The second-order valence-corrected chi connectivity index (χ2v) is 2.19. The van der Waals surface area contributed by atoms with Gasteiger partial charge in [0.25, 0.3) is 0 Å². The minimum Gasteiger partial charge on any atom is -0.478 e. The Morgan fingerprint density at radius 3 is 3.00 bits per heavy atom. The van der Waals surface area contributed by atoms with Gasteiger partial charge in [-0.15, -0.1) is 6.58 Å². The van der Waals surface area contributed by atoms with Crippen LogP contribution in [0.25, 0.3) is 0 Å². The van der Waals surface area contributed by atoms with E-state index in [1.807, 2.05) is 0 Å². The maximum atomic E-state index is 10.4. The fraction of sp³-hybridized carbons (Fsp3) is 0.125. The van der Waals surface area contributed by atoms with Crippen molar-refractivity contribution >= 4 is 5.97 Å². The Hall–Kier alpha value is -1.51. The largest absolute Gasteiger partial charge is 0.478 e. The molecule has 0 aromatic carbocycles. The Morgan fingerprint density at radius 1 is 1.82 bits per heavy atom. The van der Waals surface area contributed by atoms with Crippen LogP contribution in [0.2, 0.25) is 0 Å². The molecule has 0 aliphatic heterocycles. The molecule has 0 unspecified atom stereocenters. The molecular formula is C8H9NO2. The molecule has 58 valence electrons. The van der Waals surface area contributed by atoms with Crippen molar-refractivity contribution in [2.75, 3.05) is 0 Å². The predicted octanol–water partition coefficient (Wildman–Crippen LogP) is 1.37. The summed E-state index contributed by atoms with van der Waals surface area (Å²) in [7, 11) is 0. The summed E-state index contributed by atoms with van der Waals surface area (Å²) >= 11 is 0. The van der Waals surface area contributed by atoms with Crippen molar-refractivity contribution in [2.45, 2.75) is 6.54 Å². The summed E-state index contributed by atoms with van der Waals surface area (Å²) in [5, 5.41) is 8.53. The molecule has 0 atom stereocenters. The Labute approximate surface area is 64.6 Å². The van der Waals surface area contributed by atoms with Gasteiger partial charge in [-0.1, -0.05) is 6.08 Å². The molecule has 0 aliphatic carbocycles. The quantitative estimate of drug-likeness (QED) is 0.663. The molecule has 1 aromatic rings. The van der Waals surface area contributed by atoms with Crippen molar-refractivity contribution < 1.29 is 9.90 Å². The van der Waals surface area contributed by atoms with Crippen molar-refractivity contribution in [3.63, 3.8) is 0 Å². The molecule has 0 radical (unpaired) electrons. The summed E-state index contributed by atoms with van der Waals surface area (Å²) in [6, 6.07) is 1.56. The van der Waals surface area contributed by atoms with Gasteiger partial charge in [0.05, 0.1) is 5.56 Å². The van der Waals surface area contributed by atoms with Gasteiger partial charge >= 0.3 is 5.97 Å². The molecule has 3 heteroatoms. The van der Waals surface area contributed by atoms with E-state index in [1.165, 1.54) is 0 Å². The van der Waals surface area contributed by atoms with Gasteiger partial charge in [-0.05, 0) is 6.07 Å². The van der Waals surface area contributed by atoms with E-state index in [2.05, 4.69) is 6.58 Å². The first-order valence-electron chi connectivity index (χ1n) is 3.24. The van der Waals surface area contributed by atoms with E-state index >= 15 is 0 Å². The van der Waals surface area contributed by atoms with Crippen LogP contribution in [-0.4, -0.2) is 15.6 Å². The molecule has 3 nitrogen and oxygen atoms in total. The van der Waals surface area contributed by atoms with Crippen molar-refractivity contribution in [3.8, 4) is 0 Å². The van der Waals surface area contributed by atoms with E-state index in [1.54, 1.807) is 29.1 Å². The molecule has 1 heterocycles. The lowest BCUT2D eigenvalue weighted by Gasteiger charge is -1.92. The van der Waals surface area contributed by atoms with Gasteiger partial charge < -0.3 is 9.67 Å². The van der Waals surface area contributed by atoms with Crippen LogP contribution in [-0.2, 0) is 6.54 Å². The van der Waals surface area contributed by atoms with Gasteiger partial charge in [0, 0.05) is 18.9 Å². The topological polar surface area (TPSA) is 42.2 Å². The number of carbonyl (C=O) groups is 1. The van der Waals surface area contributed by atoms with Crippen LogP contribution in [0, 0.1) is 0 Å². The Bertz CT molecular complexity index is 275. The molecule has 0 fully saturated rings. The lowest BCUT2D eigenvalue weighted by Crippen LogP contribution is -1.94. The number of carboxylic acid groups (broad SMARTS) is 1. The molecule has 11 heavy (non-hydrogen) atoms. The predicted molar refractivity (Wildman–Crippen MR) is 41.6 cm³/mol. The number of hydrogen-bond donors (Lipinski definition) is 1. The third-order valence-corrected chi connectivity index (χ3v) is 1.34. The molecule has 0 aliphatic rings. The van der Waals surface area contributed by atoms with Crippen LogP contribution >= 0.6 is 0 Å². The molecule has 1 rings (SSSR count). The zero-order valence-corrected chi connectivity index (χ0v) is 6.03. The first-order valence-corrected chi connectivity index (χ1v) is 3.24. The second-order valence-electron chi connectivity index (χ2n) is 2.19. The fourth-order valence-electron chi connectivity index (χ4n) is 0.830. The Kier molecular flexibility index (Phi) is 2.11. The van der Waals surface area contributed by atoms with Crippen LogP contribution < -0.4 is 0 Å². The number of aromatic nitrogens is 1. The van der Waals surface area contributed by atoms with Crippen LogP contribution in [0.15, 0.2) is 31.1 Å². The van der Waals surface area contributed by atoms with E-state index in [-0.39, 0.29) is 0 Å². The summed E-state index contributed by atoms with van der Waals surface area (Å²) in [4.78, 5) is 10.4. The number of carboxylic acids is 1. The third-order valence-electron chi connectivity index (χ3n) is 1.34. The van der Waals surface area contributed by atoms with E-state index < -0.39 is 5.97 Å². The van der Waals surface area contributed by atoms with Gasteiger partial charge in [0.15, 0.2) is 0 Å². The standard InChI is InChI=1S/C8H9NO2/c1-2-4-9-5-3-7(6-9)8(10)11/h2-3,5-6H,1,4H2,(H,10,11). The number of allylic oxidation sites excluding steroid dienone is 1. The minimum atomic E-state index is -0.896. The summed E-state index contributed by atoms with van der Waals surface area (Å²) in [6.07, 6.45) is 5.00. The SMILES string of the molecule is C=CCn1ccc(C(=O)O)c1. The van der Waals surface area contributed by atoms with Gasteiger partial charge in [0.1, 0.15) is 0 Å². The summed E-state index contributed by atoms with van der Waals surface area (Å²) in [5.41, 5.74) is 0.312. The highest BCUT2D eigenvalue weighted by atomic mass is 16.4. The van der Waals surface area contributed by atoms with Crippen LogP contribution in [0.1, 0.15) is 10.4 Å². The molecular weight excluding hydrogens is 142 g/mol. The Balaban J connectivity index is 2.81. The number of nitrogens with zero attached hydrogens (tertiary/aromatic N) is 1. The molecule has 0 amide bonds. The van der Waals surface area contributed by atoms with E-state index in [0.717, 1.165) is 0 Å². The van der Waals surface area contributed by atoms with Crippen molar-refractivity contribution in [2.24, 2.45) is 0 Å². The summed E-state index contributed by atoms with van der Waals surface area (Å²) in [6.45, 7) is 4.19. The van der Waals surface area contributed by atoms with Crippen molar-refractivity contribution in [1.29, 1.82) is 0 Å². The molecule has 0 bridgehead atoms. The molecule has 0 saturated heterocycles. The third kappa shape index (κ3) is 1.70. The van der Waals surface area contributed by atoms with E-state index in [9.17, 15) is 4.79 Å². The molecule has 0 spiro atoms. The zero-order chi connectivity index (χ0) is 8.27. The average molecular weight is 151 g/mol. The van der Waals surface area contributed by atoms with Crippen molar-refractivity contribution in [3.05, 3.63) is 36.7 Å². The first kappa shape index (κ1) is 7.60. The maximum absolute atomic E-state index is 10.4. The van der Waals surface area contributed by atoms with E-state index in [0.29, 0.717) is 12.1 Å². The van der Waals surface area contributed by atoms with Crippen molar-refractivity contribution in [1.82, 2.24) is 4.57 Å². The smallest absolute Gasteiger partial charge is 0.337 e. The molecule has 1 aromatic heterocycles. The first-order chi connectivity index (χ1) is 5.24. The van der Waals surface area contributed by atoms with Crippen LogP contribution in [0.3, 0.4) is 0 Å². The summed E-state index contributed by atoms with van der Waals surface area (Å²) in [5.74, 6) is -0.896. The van der Waals surface area contributed by atoms with Gasteiger partial charge in [-0.25, -0.2) is 4.79 Å². The summed E-state index contributed by atoms with van der Waals surface area (Å²) < 4.78 is 1.76. The molecule has 0 saturated carbocycles. The highest BCUT2D eigenvalue weighted by Gasteiger charge is 2.02. The number of rotatable bonds is 3. The van der Waals surface area contributed by atoms with Gasteiger partial charge in [-0.3, -0.25) is 0 Å². The van der Waals surface area contributed by atoms with Crippen LogP contribution in [0.4, 0.5) is 0 Å². The number of aromatic carboxylic acids is 1. The Morgan fingerprint density at radius 2 is 2.55 bits per heavy atom. The lowest BCUT2D eigenvalue weighted by atomic mass is 10.4. The highest BCUT2D eigenvalue weighted by molar-refractivity contribution is 5.87. The van der Waals surface area contributed by atoms with Gasteiger partial charge in [-0.2, -0.15) is 0 Å².